The van der Waals surface area contributed by atoms with E-state index >= 15 is 0 Å². The molecule has 0 bridgehead atoms. The minimum Gasteiger partial charge on any atom is -0.354 e. The molecule has 1 atom stereocenters. The summed E-state index contributed by atoms with van der Waals surface area (Å²) in [5.74, 6) is 0.300. The lowest BCUT2D eigenvalue weighted by Gasteiger charge is -2.18. The van der Waals surface area contributed by atoms with E-state index < -0.39 is 4.92 Å². The van der Waals surface area contributed by atoms with Crippen molar-refractivity contribution in [2.75, 3.05) is 0 Å². The van der Waals surface area contributed by atoms with Crippen LogP contribution in [0.4, 0.5) is 5.69 Å². The Morgan fingerprint density at radius 1 is 1.19 bits per heavy atom. The fourth-order valence-corrected chi connectivity index (χ4v) is 4.74. The van der Waals surface area contributed by atoms with Gasteiger partial charge in [-0.25, -0.2) is 0 Å². The van der Waals surface area contributed by atoms with Gasteiger partial charge in [0.15, 0.2) is 5.69 Å². The third-order valence-corrected chi connectivity index (χ3v) is 6.21. The number of halogens is 1. The molecule has 7 heteroatoms. The zero-order valence-electron chi connectivity index (χ0n) is 14.3. The van der Waals surface area contributed by atoms with Gasteiger partial charge in [0, 0.05) is 21.0 Å². The van der Waals surface area contributed by atoms with Gasteiger partial charge in [0.05, 0.1) is 4.92 Å². The molecule has 0 aliphatic heterocycles. The lowest BCUT2D eigenvalue weighted by molar-refractivity contribution is -0.386. The molecule has 1 heterocycles. The molecular weight excluding hydrogens is 416 g/mol. The van der Waals surface area contributed by atoms with Crippen LogP contribution in [0.2, 0.25) is 0 Å². The lowest BCUT2D eigenvalue weighted by Crippen LogP contribution is -2.02. The summed E-state index contributed by atoms with van der Waals surface area (Å²) in [7, 11) is 0. The molecule has 5 nitrogen and oxygen atoms in total. The van der Waals surface area contributed by atoms with E-state index in [0.717, 1.165) is 20.5 Å². The van der Waals surface area contributed by atoms with E-state index in [0.29, 0.717) is 17.9 Å². The molecule has 0 saturated carbocycles. The highest BCUT2D eigenvalue weighted by Crippen LogP contribution is 2.43. The summed E-state index contributed by atoms with van der Waals surface area (Å²) in [6.07, 6.45) is 0.374. The highest BCUT2D eigenvalue weighted by atomic mass is 79.9. The molecule has 1 aromatic heterocycles. The largest absolute Gasteiger partial charge is 0.354 e. The zero-order valence-corrected chi connectivity index (χ0v) is 16.7. The van der Waals surface area contributed by atoms with Crippen molar-refractivity contribution >= 4 is 33.4 Å². The predicted molar refractivity (Wildman–Crippen MR) is 106 cm³/mol. The van der Waals surface area contributed by atoms with Crippen LogP contribution in [0.1, 0.15) is 27.8 Å². The van der Waals surface area contributed by atoms with Crippen molar-refractivity contribution in [2.45, 2.75) is 30.4 Å². The first kappa shape index (κ1) is 18.7. The zero-order chi connectivity index (χ0) is 18.7. The van der Waals surface area contributed by atoms with E-state index in [2.05, 4.69) is 40.1 Å². The van der Waals surface area contributed by atoms with Crippen molar-refractivity contribution in [1.82, 2.24) is 5.16 Å². The van der Waals surface area contributed by atoms with Crippen molar-refractivity contribution in [3.8, 4) is 0 Å². The topological polar surface area (TPSA) is 69.2 Å². The highest BCUT2D eigenvalue weighted by molar-refractivity contribution is 9.10. The average Bonchev–Trinajstić information content (AvgIpc) is 2.97. The van der Waals surface area contributed by atoms with Gasteiger partial charge in [-0.1, -0.05) is 57.5 Å². The number of nitrogens with zero attached hydrogens (tertiary/aromatic N) is 2. The second-order valence-electron chi connectivity index (χ2n) is 5.89. The van der Waals surface area contributed by atoms with Gasteiger partial charge in [-0.2, -0.15) is 0 Å². The Hall–Kier alpha value is -2.12. The number of nitro groups is 1. The van der Waals surface area contributed by atoms with Crippen molar-refractivity contribution in [3.63, 3.8) is 0 Å². The molecule has 0 fully saturated rings. The Morgan fingerprint density at radius 2 is 1.88 bits per heavy atom. The maximum absolute atomic E-state index is 11.4. The summed E-state index contributed by atoms with van der Waals surface area (Å²) in [5, 5.41) is 15.1. The van der Waals surface area contributed by atoms with Gasteiger partial charge >= 0.3 is 5.69 Å². The summed E-state index contributed by atoms with van der Waals surface area (Å²) in [4.78, 5) is 12.1. The molecule has 0 spiro atoms. The van der Waals surface area contributed by atoms with E-state index in [1.165, 1.54) is 0 Å². The smallest absolute Gasteiger partial charge is 0.334 e. The third-order valence-electron chi connectivity index (χ3n) is 4.07. The normalized spacial score (nSPS) is 12.1. The summed E-state index contributed by atoms with van der Waals surface area (Å²) in [5.41, 5.74) is 2.49. The van der Waals surface area contributed by atoms with E-state index in [9.17, 15) is 10.1 Å². The number of aromatic nitrogens is 1. The Labute approximate surface area is 164 Å². The Bertz CT molecular complexity index is 942. The molecule has 0 unspecified atom stereocenters. The van der Waals surface area contributed by atoms with Gasteiger partial charge in [-0.3, -0.25) is 10.1 Å². The molecule has 3 aromatic rings. The second-order valence-corrected chi connectivity index (χ2v) is 7.99. The third kappa shape index (κ3) is 3.99. The molecule has 0 N–H and O–H groups in total. The van der Waals surface area contributed by atoms with Crippen LogP contribution in [0.25, 0.3) is 0 Å². The van der Waals surface area contributed by atoms with Crippen molar-refractivity contribution in [1.29, 1.82) is 0 Å². The van der Waals surface area contributed by atoms with Gasteiger partial charge in [0.2, 0.25) is 5.76 Å². The van der Waals surface area contributed by atoms with Gasteiger partial charge in [-0.15, -0.1) is 11.8 Å². The van der Waals surface area contributed by atoms with Gasteiger partial charge in [-0.05, 0) is 37.1 Å². The second kappa shape index (κ2) is 8.05. The van der Waals surface area contributed by atoms with Gasteiger partial charge < -0.3 is 4.52 Å². The van der Waals surface area contributed by atoms with Crippen LogP contribution in [0.5, 0.6) is 0 Å². The average molecular weight is 433 g/mol. The fourth-order valence-electron chi connectivity index (χ4n) is 2.74. The molecule has 26 heavy (non-hydrogen) atoms. The van der Waals surface area contributed by atoms with Crippen LogP contribution < -0.4 is 0 Å². The summed E-state index contributed by atoms with van der Waals surface area (Å²) < 4.78 is 6.26. The minimum absolute atomic E-state index is 0.0348. The predicted octanol–water partition coefficient (Wildman–Crippen LogP) is 6.04. The number of hydrogen-bond donors (Lipinski definition) is 0. The van der Waals surface area contributed by atoms with E-state index in [4.69, 9.17) is 4.52 Å². The number of thioether (sulfide) groups is 1. The molecular formula is C19H17BrN2O3S. The van der Waals surface area contributed by atoms with Crippen molar-refractivity contribution < 1.29 is 9.45 Å². The van der Waals surface area contributed by atoms with Gasteiger partial charge in [0.1, 0.15) is 0 Å². The molecule has 0 saturated heterocycles. The summed E-state index contributed by atoms with van der Waals surface area (Å²) >= 11 is 5.27. The fraction of sp³-hybridized carbons (Fsp3) is 0.211. The Balaban J connectivity index is 2.00. The van der Waals surface area contributed by atoms with Crippen LogP contribution in [-0.2, 0) is 6.42 Å². The standard InChI is InChI=1S/C19H17BrN2O3S/c1-12-7-3-6-10-17(12)26-18(14-8-4-5-9-15(14)20)11-16-19(22(23)24)13(2)21-25-16/h3-10,18H,11H2,1-2H3/t18-/m0/s1. The Morgan fingerprint density at radius 3 is 2.58 bits per heavy atom. The number of benzene rings is 2. The number of aryl methyl sites for hydroxylation is 2. The van der Waals surface area contributed by atoms with Crippen LogP contribution in [0.15, 0.2) is 62.4 Å². The van der Waals surface area contributed by atoms with Crippen molar-refractivity contribution in [2.24, 2.45) is 0 Å². The quantitative estimate of drug-likeness (QED) is 0.269. The molecule has 0 aliphatic carbocycles. The minimum atomic E-state index is -0.420. The van der Waals surface area contributed by atoms with Crippen molar-refractivity contribution in [3.05, 3.63) is 85.7 Å². The monoisotopic (exact) mass is 432 g/mol. The SMILES string of the molecule is Cc1ccccc1S[C@@H](Cc1onc(C)c1[N+](=O)[O-])c1ccccc1Br. The van der Waals surface area contributed by atoms with E-state index in [1.54, 1.807) is 18.7 Å². The molecule has 0 amide bonds. The molecule has 0 radical (unpaired) electrons. The maximum atomic E-state index is 11.4. The first-order chi connectivity index (χ1) is 12.5. The van der Waals surface area contributed by atoms with Crippen LogP contribution in [0.3, 0.4) is 0 Å². The summed E-state index contributed by atoms with van der Waals surface area (Å²) in [6, 6.07) is 16.0. The van der Waals surface area contributed by atoms with Crippen LogP contribution in [0, 0.1) is 24.0 Å². The first-order valence-corrected chi connectivity index (χ1v) is 9.71. The van der Waals surface area contributed by atoms with E-state index in [1.807, 2.05) is 36.4 Å². The molecule has 134 valence electrons. The summed E-state index contributed by atoms with van der Waals surface area (Å²) in [6.45, 7) is 3.65. The van der Waals surface area contributed by atoms with Crippen LogP contribution in [-0.4, -0.2) is 10.1 Å². The first-order valence-electron chi connectivity index (χ1n) is 8.03. The molecule has 2 aromatic carbocycles. The maximum Gasteiger partial charge on any atom is 0.334 e. The highest BCUT2D eigenvalue weighted by Gasteiger charge is 2.28. The Kier molecular flexibility index (Phi) is 5.78. The molecule has 0 aliphatic rings. The van der Waals surface area contributed by atoms with Crippen LogP contribution >= 0.6 is 27.7 Å². The number of hydrogen-bond acceptors (Lipinski definition) is 5. The van der Waals surface area contributed by atoms with E-state index in [-0.39, 0.29) is 10.9 Å². The lowest BCUT2D eigenvalue weighted by atomic mass is 10.1. The van der Waals surface area contributed by atoms with Gasteiger partial charge in [0.25, 0.3) is 0 Å². The molecule has 3 rings (SSSR count). The number of rotatable bonds is 6.